The van der Waals surface area contributed by atoms with Gasteiger partial charge in [-0.25, -0.2) is 5.10 Å². The minimum atomic E-state index is -0.295. The van der Waals surface area contributed by atoms with E-state index < -0.39 is 0 Å². The number of nitrogens with zero attached hydrogens (tertiary/aromatic N) is 2. The molecule has 1 aromatic heterocycles. The summed E-state index contributed by atoms with van der Waals surface area (Å²) in [6, 6.07) is 0. The first kappa shape index (κ1) is 6.69. The summed E-state index contributed by atoms with van der Waals surface area (Å²) >= 11 is 0. The number of hydrogen-bond donors (Lipinski definition) is 3. The Labute approximate surface area is 56.8 Å². The first-order valence-electron chi connectivity index (χ1n) is 2.68. The van der Waals surface area contributed by atoms with Crippen LogP contribution in [-0.4, -0.2) is 27.6 Å². The topological polar surface area (TPSA) is 96.7 Å². The van der Waals surface area contributed by atoms with Gasteiger partial charge >= 0.3 is 0 Å². The number of H-pyrrole nitrogens is 1. The lowest BCUT2D eigenvalue weighted by atomic mass is 10.6. The molecule has 10 heavy (non-hydrogen) atoms. The highest BCUT2D eigenvalue weighted by Crippen LogP contribution is 1.89. The monoisotopic (exact) mass is 141 g/mol. The summed E-state index contributed by atoms with van der Waals surface area (Å²) in [6.45, 7) is -0.0549. The van der Waals surface area contributed by atoms with Crippen LogP contribution in [0.4, 0.5) is 5.95 Å². The fourth-order valence-corrected chi connectivity index (χ4v) is 0.449. The van der Waals surface area contributed by atoms with Crippen molar-refractivity contribution in [2.24, 2.45) is 5.73 Å². The molecule has 1 heterocycles. The maximum Gasteiger partial charge on any atom is 0.240 e. The van der Waals surface area contributed by atoms with Crippen molar-refractivity contribution in [1.29, 1.82) is 0 Å². The Hall–Kier alpha value is -1.43. The molecule has 0 aliphatic rings. The molecule has 0 unspecified atom stereocenters. The van der Waals surface area contributed by atoms with E-state index in [-0.39, 0.29) is 12.5 Å². The minimum absolute atomic E-state index is 0.0549. The van der Waals surface area contributed by atoms with Crippen molar-refractivity contribution >= 4 is 11.9 Å². The summed E-state index contributed by atoms with van der Waals surface area (Å²) in [5.41, 5.74) is 5.01. The normalized spacial score (nSPS) is 9.30. The molecule has 0 saturated carbocycles. The van der Waals surface area contributed by atoms with Crippen LogP contribution in [0.25, 0.3) is 0 Å². The van der Waals surface area contributed by atoms with Gasteiger partial charge in [0.2, 0.25) is 11.9 Å². The summed E-state index contributed by atoms with van der Waals surface area (Å²) in [5, 5.41) is 8.35. The zero-order valence-corrected chi connectivity index (χ0v) is 5.16. The third-order valence-electron chi connectivity index (χ3n) is 0.858. The van der Waals surface area contributed by atoms with E-state index in [0.717, 1.165) is 0 Å². The van der Waals surface area contributed by atoms with Gasteiger partial charge in [0.25, 0.3) is 0 Å². The van der Waals surface area contributed by atoms with E-state index in [0.29, 0.717) is 5.95 Å². The molecule has 0 spiro atoms. The Morgan fingerprint density at radius 1 is 1.90 bits per heavy atom. The van der Waals surface area contributed by atoms with Gasteiger partial charge in [-0.2, -0.15) is 10.1 Å². The number of carbonyl (C=O) groups is 1. The van der Waals surface area contributed by atoms with Gasteiger partial charge in [0, 0.05) is 0 Å². The summed E-state index contributed by atoms with van der Waals surface area (Å²) in [7, 11) is 0. The van der Waals surface area contributed by atoms with Crippen LogP contribution in [0.5, 0.6) is 0 Å². The van der Waals surface area contributed by atoms with Crippen molar-refractivity contribution in [1.82, 2.24) is 15.2 Å². The number of hydrogen-bond acceptors (Lipinski definition) is 4. The molecule has 4 N–H and O–H groups in total. The standard InChI is InChI=1S/C4H7N5O/c5-1-3(10)8-4-6-2-7-9-4/h2H,1,5H2,(H2,6,7,8,9,10). The van der Waals surface area contributed by atoms with E-state index in [2.05, 4.69) is 20.5 Å². The number of aromatic nitrogens is 3. The number of anilines is 1. The molecule has 6 nitrogen and oxygen atoms in total. The lowest BCUT2D eigenvalue weighted by molar-refractivity contribution is -0.114. The number of carbonyl (C=O) groups excluding carboxylic acids is 1. The number of nitrogens with one attached hydrogen (secondary N) is 2. The van der Waals surface area contributed by atoms with E-state index >= 15 is 0 Å². The highest BCUT2D eigenvalue weighted by atomic mass is 16.1. The van der Waals surface area contributed by atoms with E-state index in [1.165, 1.54) is 6.33 Å². The molecular weight excluding hydrogens is 134 g/mol. The molecule has 0 atom stereocenters. The summed E-state index contributed by atoms with van der Waals surface area (Å²) in [4.78, 5) is 14.2. The number of nitrogens with two attached hydrogens (primary N) is 1. The van der Waals surface area contributed by atoms with Crippen molar-refractivity contribution < 1.29 is 4.79 Å². The highest BCUT2D eigenvalue weighted by molar-refractivity contribution is 5.90. The highest BCUT2D eigenvalue weighted by Gasteiger charge is 1.98. The van der Waals surface area contributed by atoms with Crippen LogP contribution in [-0.2, 0) is 4.79 Å². The van der Waals surface area contributed by atoms with Gasteiger partial charge < -0.3 is 5.73 Å². The Morgan fingerprint density at radius 3 is 3.20 bits per heavy atom. The van der Waals surface area contributed by atoms with Crippen molar-refractivity contribution in [3.63, 3.8) is 0 Å². The van der Waals surface area contributed by atoms with Gasteiger partial charge in [0.1, 0.15) is 6.33 Å². The molecule has 54 valence electrons. The molecule has 1 rings (SSSR count). The predicted octanol–water partition coefficient (Wildman–Crippen LogP) is -1.30. The Kier molecular flexibility index (Phi) is 1.96. The molecule has 0 saturated heterocycles. The van der Waals surface area contributed by atoms with Crippen molar-refractivity contribution in [2.75, 3.05) is 11.9 Å². The third kappa shape index (κ3) is 1.52. The predicted molar refractivity (Wildman–Crippen MR) is 34.1 cm³/mol. The van der Waals surface area contributed by atoms with Crippen LogP contribution < -0.4 is 11.1 Å². The molecule has 0 aliphatic heterocycles. The van der Waals surface area contributed by atoms with Gasteiger partial charge in [-0.05, 0) is 0 Å². The zero-order valence-electron chi connectivity index (χ0n) is 5.16. The van der Waals surface area contributed by atoms with Crippen LogP contribution in [0.15, 0.2) is 6.33 Å². The largest absolute Gasteiger partial charge is 0.322 e. The van der Waals surface area contributed by atoms with Gasteiger partial charge in [-0.1, -0.05) is 0 Å². The molecule has 0 radical (unpaired) electrons. The molecule has 0 aliphatic carbocycles. The van der Waals surface area contributed by atoms with E-state index in [4.69, 9.17) is 5.73 Å². The molecule has 1 amide bonds. The van der Waals surface area contributed by atoms with Crippen molar-refractivity contribution in [3.05, 3.63) is 6.33 Å². The number of aromatic amines is 1. The number of rotatable bonds is 2. The second kappa shape index (κ2) is 2.92. The second-order valence-corrected chi connectivity index (χ2v) is 1.59. The molecule has 0 aromatic carbocycles. The van der Waals surface area contributed by atoms with Gasteiger partial charge in [-0.3, -0.25) is 10.1 Å². The fraction of sp³-hybridized carbons (Fsp3) is 0.250. The van der Waals surface area contributed by atoms with Crippen LogP contribution in [0.2, 0.25) is 0 Å². The first-order valence-corrected chi connectivity index (χ1v) is 2.68. The smallest absolute Gasteiger partial charge is 0.240 e. The van der Waals surface area contributed by atoms with Crippen LogP contribution in [0.3, 0.4) is 0 Å². The first-order chi connectivity index (χ1) is 4.83. The van der Waals surface area contributed by atoms with E-state index in [1.54, 1.807) is 0 Å². The molecule has 1 aromatic rings. The summed E-state index contributed by atoms with van der Waals surface area (Å²) < 4.78 is 0. The Morgan fingerprint density at radius 2 is 2.70 bits per heavy atom. The Bertz CT molecular complexity index is 205. The van der Waals surface area contributed by atoms with E-state index in [1.807, 2.05) is 0 Å². The van der Waals surface area contributed by atoms with E-state index in [9.17, 15) is 4.79 Å². The van der Waals surface area contributed by atoms with Gasteiger partial charge in [0.05, 0.1) is 6.54 Å². The second-order valence-electron chi connectivity index (χ2n) is 1.59. The van der Waals surface area contributed by atoms with Crippen LogP contribution >= 0.6 is 0 Å². The molecule has 0 fully saturated rings. The zero-order chi connectivity index (χ0) is 7.40. The molecule has 6 heteroatoms. The lowest BCUT2D eigenvalue weighted by Crippen LogP contribution is -2.22. The van der Waals surface area contributed by atoms with Gasteiger partial charge in [0.15, 0.2) is 0 Å². The van der Waals surface area contributed by atoms with Gasteiger partial charge in [-0.15, -0.1) is 0 Å². The summed E-state index contributed by atoms with van der Waals surface area (Å²) in [5.74, 6) is 0.0206. The van der Waals surface area contributed by atoms with Crippen LogP contribution in [0, 0.1) is 0 Å². The fourth-order valence-electron chi connectivity index (χ4n) is 0.449. The van der Waals surface area contributed by atoms with Crippen molar-refractivity contribution in [2.45, 2.75) is 0 Å². The molecular formula is C4H7N5O. The maximum atomic E-state index is 10.6. The van der Waals surface area contributed by atoms with Crippen LogP contribution in [0.1, 0.15) is 0 Å². The third-order valence-corrected chi connectivity index (χ3v) is 0.858. The molecule has 0 bridgehead atoms. The number of amides is 1. The Balaban J connectivity index is 2.48. The lowest BCUT2D eigenvalue weighted by Gasteiger charge is -1.94. The maximum absolute atomic E-state index is 10.6. The average molecular weight is 141 g/mol. The minimum Gasteiger partial charge on any atom is -0.322 e. The SMILES string of the molecule is NCC(=O)Nc1ncn[nH]1. The average Bonchev–Trinajstić information content (AvgIpc) is 2.40. The quantitative estimate of drug-likeness (QED) is 0.477. The summed E-state index contributed by atoms with van der Waals surface area (Å²) in [6.07, 6.45) is 1.30. The van der Waals surface area contributed by atoms with Crippen molar-refractivity contribution in [3.8, 4) is 0 Å².